The molecular formula is C15H19N5. The van der Waals surface area contributed by atoms with Gasteiger partial charge >= 0.3 is 0 Å². The summed E-state index contributed by atoms with van der Waals surface area (Å²) < 4.78 is 0. The van der Waals surface area contributed by atoms with Crippen molar-refractivity contribution in [3.05, 3.63) is 36.4 Å². The van der Waals surface area contributed by atoms with Crippen molar-refractivity contribution in [2.45, 2.75) is 0 Å². The van der Waals surface area contributed by atoms with Gasteiger partial charge in [0.25, 0.3) is 0 Å². The number of likely N-dealkylation sites (N-methyl/N-ethyl adjacent to an activating group) is 1. The van der Waals surface area contributed by atoms with E-state index in [1.807, 2.05) is 36.4 Å². The average Bonchev–Trinajstić information content (AvgIpc) is 2.48. The Labute approximate surface area is 119 Å². The van der Waals surface area contributed by atoms with Gasteiger partial charge in [-0.2, -0.15) is 4.98 Å². The van der Waals surface area contributed by atoms with Crippen LogP contribution in [0.2, 0.25) is 0 Å². The number of benzene rings is 1. The second-order valence-electron chi connectivity index (χ2n) is 5.13. The molecule has 0 atom stereocenters. The Hall–Kier alpha value is -2.14. The lowest BCUT2D eigenvalue weighted by Gasteiger charge is -2.32. The third-order valence-corrected chi connectivity index (χ3v) is 3.59. The molecule has 5 nitrogen and oxygen atoms in total. The SMILES string of the molecule is CN1CCN(c2nc(N)cc(-c3ccccc3)n2)CC1. The third-order valence-electron chi connectivity index (χ3n) is 3.59. The third kappa shape index (κ3) is 2.72. The highest BCUT2D eigenvalue weighted by atomic mass is 15.3. The molecule has 0 saturated carbocycles. The van der Waals surface area contributed by atoms with E-state index in [9.17, 15) is 0 Å². The van der Waals surface area contributed by atoms with Crippen LogP contribution in [0.15, 0.2) is 36.4 Å². The first-order chi connectivity index (χ1) is 9.72. The second kappa shape index (κ2) is 5.46. The Morgan fingerprint density at radius 2 is 1.70 bits per heavy atom. The maximum atomic E-state index is 5.94. The first-order valence-corrected chi connectivity index (χ1v) is 6.86. The summed E-state index contributed by atoms with van der Waals surface area (Å²) >= 11 is 0. The zero-order valence-corrected chi connectivity index (χ0v) is 11.7. The van der Waals surface area contributed by atoms with Crippen molar-refractivity contribution in [2.24, 2.45) is 0 Å². The lowest BCUT2D eigenvalue weighted by Crippen LogP contribution is -2.45. The Balaban J connectivity index is 1.91. The molecule has 1 fully saturated rings. The predicted octanol–water partition coefficient (Wildman–Crippen LogP) is 1.48. The van der Waals surface area contributed by atoms with E-state index in [0.717, 1.165) is 43.4 Å². The monoisotopic (exact) mass is 269 g/mol. The van der Waals surface area contributed by atoms with Crippen LogP contribution in [0.3, 0.4) is 0 Å². The van der Waals surface area contributed by atoms with Gasteiger partial charge < -0.3 is 15.5 Å². The molecule has 0 spiro atoms. The summed E-state index contributed by atoms with van der Waals surface area (Å²) in [5.41, 5.74) is 7.89. The Morgan fingerprint density at radius 3 is 2.40 bits per heavy atom. The molecule has 3 rings (SSSR count). The smallest absolute Gasteiger partial charge is 0.227 e. The number of rotatable bonds is 2. The molecule has 0 unspecified atom stereocenters. The number of nitrogen functional groups attached to an aromatic ring is 1. The second-order valence-corrected chi connectivity index (χ2v) is 5.13. The van der Waals surface area contributed by atoms with E-state index in [1.165, 1.54) is 0 Å². The van der Waals surface area contributed by atoms with Crippen LogP contribution in [-0.2, 0) is 0 Å². The number of aromatic nitrogens is 2. The molecule has 104 valence electrons. The van der Waals surface area contributed by atoms with E-state index in [0.29, 0.717) is 5.82 Å². The molecule has 0 amide bonds. The summed E-state index contributed by atoms with van der Waals surface area (Å²) in [7, 11) is 2.13. The molecule has 20 heavy (non-hydrogen) atoms. The standard InChI is InChI=1S/C15H19N5/c1-19-7-9-20(10-8-19)15-17-13(11-14(16)18-15)12-5-3-2-4-6-12/h2-6,11H,7-10H2,1H3,(H2,16,17,18). The summed E-state index contributed by atoms with van der Waals surface area (Å²) in [5.74, 6) is 1.25. The molecule has 1 aromatic carbocycles. The summed E-state index contributed by atoms with van der Waals surface area (Å²) in [6, 6.07) is 11.9. The zero-order valence-electron chi connectivity index (χ0n) is 11.7. The van der Waals surface area contributed by atoms with Crippen molar-refractivity contribution in [1.29, 1.82) is 0 Å². The van der Waals surface area contributed by atoms with Crippen LogP contribution in [0.4, 0.5) is 11.8 Å². The van der Waals surface area contributed by atoms with E-state index >= 15 is 0 Å². The first kappa shape index (κ1) is 12.9. The molecule has 2 heterocycles. The van der Waals surface area contributed by atoms with Crippen LogP contribution < -0.4 is 10.6 Å². The molecular weight excluding hydrogens is 250 g/mol. The lowest BCUT2D eigenvalue weighted by atomic mass is 10.1. The van der Waals surface area contributed by atoms with Crippen molar-refractivity contribution in [3.63, 3.8) is 0 Å². The number of anilines is 2. The van der Waals surface area contributed by atoms with Gasteiger partial charge in [0, 0.05) is 37.8 Å². The molecule has 2 N–H and O–H groups in total. The van der Waals surface area contributed by atoms with E-state index in [1.54, 1.807) is 0 Å². The van der Waals surface area contributed by atoms with Crippen LogP contribution in [0.5, 0.6) is 0 Å². The fourth-order valence-corrected chi connectivity index (χ4v) is 2.36. The molecule has 1 aliphatic rings. The highest BCUT2D eigenvalue weighted by Crippen LogP contribution is 2.22. The highest BCUT2D eigenvalue weighted by molar-refractivity contribution is 5.63. The Kier molecular flexibility index (Phi) is 3.52. The van der Waals surface area contributed by atoms with Crippen LogP contribution in [-0.4, -0.2) is 48.1 Å². The average molecular weight is 269 g/mol. The van der Waals surface area contributed by atoms with E-state index in [4.69, 9.17) is 5.73 Å². The van der Waals surface area contributed by atoms with Crippen LogP contribution in [0.25, 0.3) is 11.3 Å². The van der Waals surface area contributed by atoms with Crippen molar-refractivity contribution in [3.8, 4) is 11.3 Å². The minimum Gasteiger partial charge on any atom is -0.384 e. The highest BCUT2D eigenvalue weighted by Gasteiger charge is 2.17. The minimum atomic E-state index is 0.521. The number of hydrogen-bond acceptors (Lipinski definition) is 5. The van der Waals surface area contributed by atoms with Crippen molar-refractivity contribution in [2.75, 3.05) is 43.9 Å². The molecule has 0 bridgehead atoms. The summed E-state index contributed by atoms with van der Waals surface area (Å²) in [4.78, 5) is 13.6. The van der Waals surface area contributed by atoms with Gasteiger partial charge in [0.2, 0.25) is 5.95 Å². The molecule has 0 radical (unpaired) electrons. The van der Waals surface area contributed by atoms with Gasteiger partial charge in [0.1, 0.15) is 5.82 Å². The molecule has 5 heteroatoms. The van der Waals surface area contributed by atoms with Gasteiger partial charge in [0.05, 0.1) is 5.69 Å². The van der Waals surface area contributed by atoms with Crippen LogP contribution >= 0.6 is 0 Å². The van der Waals surface area contributed by atoms with Gasteiger partial charge in [-0.05, 0) is 7.05 Å². The number of piperazine rings is 1. The quantitative estimate of drug-likeness (QED) is 0.895. The molecule has 0 aliphatic carbocycles. The number of hydrogen-bond donors (Lipinski definition) is 1. The van der Waals surface area contributed by atoms with Crippen LogP contribution in [0, 0.1) is 0 Å². The van der Waals surface area contributed by atoms with Gasteiger partial charge in [-0.3, -0.25) is 0 Å². The topological polar surface area (TPSA) is 58.3 Å². The lowest BCUT2D eigenvalue weighted by molar-refractivity contribution is 0.311. The summed E-state index contributed by atoms with van der Waals surface area (Å²) in [5, 5.41) is 0. The van der Waals surface area contributed by atoms with Crippen molar-refractivity contribution in [1.82, 2.24) is 14.9 Å². The van der Waals surface area contributed by atoms with Crippen molar-refractivity contribution >= 4 is 11.8 Å². The van der Waals surface area contributed by atoms with E-state index in [2.05, 4.69) is 26.8 Å². The van der Waals surface area contributed by atoms with Crippen LogP contribution in [0.1, 0.15) is 0 Å². The normalized spacial score (nSPS) is 16.4. The number of nitrogens with zero attached hydrogens (tertiary/aromatic N) is 4. The Morgan fingerprint density at radius 1 is 1.00 bits per heavy atom. The van der Waals surface area contributed by atoms with Gasteiger partial charge in [-0.25, -0.2) is 4.98 Å². The zero-order chi connectivity index (χ0) is 13.9. The fourth-order valence-electron chi connectivity index (χ4n) is 2.36. The molecule has 2 aromatic rings. The maximum absolute atomic E-state index is 5.94. The molecule has 1 aliphatic heterocycles. The van der Waals surface area contributed by atoms with Crippen molar-refractivity contribution < 1.29 is 0 Å². The summed E-state index contributed by atoms with van der Waals surface area (Å²) in [6.45, 7) is 3.93. The maximum Gasteiger partial charge on any atom is 0.227 e. The molecule has 1 saturated heterocycles. The Bertz CT molecular complexity index is 576. The van der Waals surface area contributed by atoms with Gasteiger partial charge in [-0.1, -0.05) is 30.3 Å². The van der Waals surface area contributed by atoms with Gasteiger partial charge in [0.15, 0.2) is 0 Å². The van der Waals surface area contributed by atoms with Gasteiger partial charge in [-0.15, -0.1) is 0 Å². The largest absolute Gasteiger partial charge is 0.384 e. The fraction of sp³-hybridized carbons (Fsp3) is 0.333. The predicted molar refractivity (Wildman–Crippen MR) is 81.6 cm³/mol. The first-order valence-electron chi connectivity index (χ1n) is 6.86. The summed E-state index contributed by atoms with van der Waals surface area (Å²) in [6.07, 6.45) is 0. The van der Waals surface area contributed by atoms with E-state index in [-0.39, 0.29) is 0 Å². The molecule has 1 aromatic heterocycles. The number of nitrogens with two attached hydrogens (primary N) is 1. The minimum absolute atomic E-state index is 0.521. The van der Waals surface area contributed by atoms with E-state index < -0.39 is 0 Å².